The van der Waals surface area contributed by atoms with Gasteiger partial charge in [-0.05, 0) is 26.0 Å². The first-order valence-corrected chi connectivity index (χ1v) is 8.22. The number of hydrogen-bond acceptors (Lipinski definition) is 5. The van der Waals surface area contributed by atoms with Gasteiger partial charge in [-0.3, -0.25) is 4.79 Å². The van der Waals surface area contributed by atoms with E-state index in [9.17, 15) is 13.2 Å². The van der Waals surface area contributed by atoms with Crippen LogP contribution in [0.15, 0.2) is 23.1 Å². The number of benzene rings is 1. The minimum Gasteiger partial charge on any atom is -0.396 e. The second kappa shape index (κ2) is 6.60. The van der Waals surface area contributed by atoms with Crippen molar-refractivity contribution in [2.75, 3.05) is 23.9 Å². The lowest BCUT2D eigenvalue weighted by Crippen LogP contribution is -2.31. The summed E-state index contributed by atoms with van der Waals surface area (Å²) in [7, 11) is -3.36. The average Bonchev–Trinajstić information content (AvgIpc) is 2.28. The van der Waals surface area contributed by atoms with E-state index >= 15 is 0 Å². The van der Waals surface area contributed by atoms with Crippen LogP contribution in [0.25, 0.3) is 0 Å². The minimum absolute atomic E-state index is 0.0645. The lowest BCUT2D eigenvalue weighted by atomic mass is 10.2. The Balaban J connectivity index is 2.68. The van der Waals surface area contributed by atoms with Crippen LogP contribution in [0.2, 0.25) is 0 Å². The number of hydrogen-bond donors (Lipinski definition) is 3. The number of sulfone groups is 1. The lowest BCUT2D eigenvalue weighted by molar-refractivity contribution is -0.121. The molecular weight excluding hydrogens is 278 g/mol. The Bertz CT molecular complexity index is 583. The molecule has 0 spiro atoms. The number of anilines is 2. The van der Waals surface area contributed by atoms with E-state index in [1.165, 1.54) is 6.07 Å². The van der Waals surface area contributed by atoms with Crippen molar-refractivity contribution in [2.45, 2.75) is 31.2 Å². The van der Waals surface area contributed by atoms with Gasteiger partial charge in [0.25, 0.3) is 0 Å². The number of amides is 1. The fourth-order valence-corrected chi connectivity index (χ4v) is 2.56. The van der Waals surface area contributed by atoms with Crippen LogP contribution in [-0.2, 0) is 14.6 Å². The van der Waals surface area contributed by atoms with Crippen LogP contribution in [0.3, 0.4) is 0 Å². The third kappa shape index (κ3) is 4.73. The smallest absolute Gasteiger partial charge is 0.221 e. The van der Waals surface area contributed by atoms with Crippen molar-refractivity contribution in [2.24, 2.45) is 0 Å². The third-order valence-electron chi connectivity index (χ3n) is 2.58. The maximum absolute atomic E-state index is 11.5. The van der Waals surface area contributed by atoms with Crippen LogP contribution in [0.5, 0.6) is 0 Å². The summed E-state index contributed by atoms with van der Waals surface area (Å²) < 4.78 is 23.1. The molecule has 0 aliphatic heterocycles. The van der Waals surface area contributed by atoms with E-state index in [1.54, 1.807) is 12.1 Å². The summed E-state index contributed by atoms with van der Waals surface area (Å²) in [6, 6.07) is 4.86. The molecule has 6 nitrogen and oxygen atoms in total. The topological polar surface area (TPSA) is 101 Å². The molecule has 4 N–H and O–H groups in total. The molecule has 0 bridgehead atoms. The monoisotopic (exact) mass is 299 g/mol. The van der Waals surface area contributed by atoms with E-state index in [4.69, 9.17) is 5.73 Å². The fraction of sp³-hybridized carbons (Fsp3) is 0.462. The summed E-state index contributed by atoms with van der Waals surface area (Å²) in [4.78, 5) is 11.6. The highest BCUT2D eigenvalue weighted by Gasteiger charge is 2.14. The van der Waals surface area contributed by atoms with Crippen molar-refractivity contribution in [1.82, 2.24) is 5.32 Å². The number of para-hydroxylation sites is 1. The minimum atomic E-state index is -3.36. The first-order valence-electron chi connectivity index (χ1n) is 6.33. The van der Waals surface area contributed by atoms with Gasteiger partial charge in [0.1, 0.15) is 0 Å². The number of nitrogens with one attached hydrogen (secondary N) is 2. The summed E-state index contributed by atoms with van der Waals surface area (Å²) in [6.07, 6.45) is 1.40. The molecule has 112 valence electrons. The van der Waals surface area contributed by atoms with E-state index in [1.807, 2.05) is 13.8 Å². The van der Waals surface area contributed by atoms with Crippen LogP contribution in [0.4, 0.5) is 11.4 Å². The summed E-state index contributed by atoms with van der Waals surface area (Å²) in [5.74, 6) is -0.0645. The van der Waals surface area contributed by atoms with Crippen molar-refractivity contribution >= 4 is 27.1 Å². The van der Waals surface area contributed by atoms with Crippen LogP contribution in [-0.4, -0.2) is 33.2 Å². The molecule has 0 heterocycles. The molecule has 0 fully saturated rings. The molecule has 0 aliphatic carbocycles. The predicted octanol–water partition coefficient (Wildman–Crippen LogP) is 0.999. The SMILES string of the molecule is CC(C)NC(=O)CCNc1cccc(S(C)(=O)=O)c1N. The summed E-state index contributed by atoms with van der Waals surface area (Å²) in [5, 5.41) is 5.75. The molecule has 7 heteroatoms. The molecule has 0 saturated carbocycles. The highest BCUT2D eigenvalue weighted by atomic mass is 32.2. The van der Waals surface area contributed by atoms with Crippen LogP contribution < -0.4 is 16.4 Å². The molecule has 1 rings (SSSR count). The molecule has 1 aromatic rings. The van der Waals surface area contributed by atoms with Crippen LogP contribution >= 0.6 is 0 Å². The molecule has 0 aliphatic rings. The van der Waals surface area contributed by atoms with Gasteiger partial charge in [-0.15, -0.1) is 0 Å². The molecular formula is C13H21N3O3S. The number of nitrogens with two attached hydrogens (primary N) is 1. The van der Waals surface area contributed by atoms with Gasteiger partial charge in [0.05, 0.1) is 16.3 Å². The molecule has 20 heavy (non-hydrogen) atoms. The van der Waals surface area contributed by atoms with E-state index in [-0.39, 0.29) is 22.5 Å². The van der Waals surface area contributed by atoms with E-state index in [0.29, 0.717) is 18.7 Å². The molecule has 0 radical (unpaired) electrons. The Labute approximate surface area is 119 Å². The van der Waals surface area contributed by atoms with Gasteiger partial charge in [0.2, 0.25) is 5.91 Å². The summed E-state index contributed by atoms with van der Waals surface area (Å²) >= 11 is 0. The van der Waals surface area contributed by atoms with Crippen molar-refractivity contribution in [3.8, 4) is 0 Å². The highest BCUT2D eigenvalue weighted by molar-refractivity contribution is 7.90. The maximum Gasteiger partial charge on any atom is 0.221 e. The molecule has 1 aromatic carbocycles. The zero-order valence-electron chi connectivity index (χ0n) is 11.9. The fourth-order valence-electron chi connectivity index (χ4n) is 1.73. The summed E-state index contributed by atoms with van der Waals surface area (Å²) in [6.45, 7) is 4.16. The number of carbonyl (C=O) groups excluding carboxylic acids is 1. The first-order chi connectivity index (χ1) is 9.21. The van der Waals surface area contributed by atoms with Crippen LogP contribution in [0.1, 0.15) is 20.3 Å². The van der Waals surface area contributed by atoms with Crippen molar-refractivity contribution < 1.29 is 13.2 Å². The van der Waals surface area contributed by atoms with E-state index in [0.717, 1.165) is 6.26 Å². The lowest BCUT2D eigenvalue weighted by Gasteiger charge is -2.12. The zero-order valence-corrected chi connectivity index (χ0v) is 12.8. The normalized spacial score (nSPS) is 11.4. The highest BCUT2D eigenvalue weighted by Crippen LogP contribution is 2.26. The quantitative estimate of drug-likeness (QED) is 0.680. The third-order valence-corrected chi connectivity index (χ3v) is 3.74. The first kappa shape index (κ1) is 16.3. The van der Waals surface area contributed by atoms with E-state index < -0.39 is 9.84 Å². The van der Waals surface area contributed by atoms with Crippen LogP contribution in [0, 0.1) is 0 Å². The second-order valence-electron chi connectivity index (χ2n) is 4.89. The molecule has 0 aromatic heterocycles. The largest absolute Gasteiger partial charge is 0.396 e. The number of carbonyl (C=O) groups is 1. The van der Waals surface area contributed by atoms with E-state index in [2.05, 4.69) is 10.6 Å². The number of nitrogen functional groups attached to an aromatic ring is 1. The Hall–Kier alpha value is -1.76. The van der Waals surface area contributed by atoms with Gasteiger partial charge in [-0.2, -0.15) is 0 Å². The molecule has 0 atom stereocenters. The van der Waals surface area contributed by atoms with Crippen molar-refractivity contribution in [1.29, 1.82) is 0 Å². The average molecular weight is 299 g/mol. The van der Waals surface area contributed by atoms with Gasteiger partial charge in [-0.25, -0.2) is 8.42 Å². The van der Waals surface area contributed by atoms with Crippen molar-refractivity contribution in [3.05, 3.63) is 18.2 Å². The van der Waals surface area contributed by atoms with Gasteiger partial charge in [-0.1, -0.05) is 6.07 Å². The van der Waals surface area contributed by atoms with Gasteiger partial charge >= 0.3 is 0 Å². The molecule has 1 amide bonds. The maximum atomic E-state index is 11.5. The standard InChI is InChI=1S/C13H21N3O3S/c1-9(2)16-12(17)7-8-15-10-5-4-6-11(13(10)14)20(3,18)19/h4-6,9,15H,7-8,14H2,1-3H3,(H,16,17). The van der Waals surface area contributed by atoms with Gasteiger partial charge in [0.15, 0.2) is 9.84 Å². The second-order valence-corrected chi connectivity index (χ2v) is 6.87. The molecule has 0 unspecified atom stereocenters. The predicted molar refractivity (Wildman–Crippen MR) is 80.3 cm³/mol. The van der Waals surface area contributed by atoms with Crippen molar-refractivity contribution in [3.63, 3.8) is 0 Å². The zero-order chi connectivity index (χ0) is 15.3. The Kier molecular flexibility index (Phi) is 5.38. The van der Waals surface area contributed by atoms with Gasteiger partial charge in [0, 0.05) is 25.3 Å². The number of rotatable bonds is 6. The Morgan fingerprint density at radius 2 is 2.00 bits per heavy atom. The summed E-state index contributed by atoms with van der Waals surface area (Å²) in [5.41, 5.74) is 6.52. The Morgan fingerprint density at radius 3 is 2.55 bits per heavy atom. The molecule has 0 saturated heterocycles. The Morgan fingerprint density at radius 1 is 1.35 bits per heavy atom. The van der Waals surface area contributed by atoms with Gasteiger partial charge < -0.3 is 16.4 Å².